The van der Waals surface area contributed by atoms with Crippen LogP contribution in [-0.2, 0) is 24.4 Å². The van der Waals surface area contributed by atoms with Crippen LogP contribution in [0, 0.1) is 5.82 Å². The number of amides is 2. The van der Waals surface area contributed by atoms with Gasteiger partial charge in [0.1, 0.15) is 11.6 Å². The van der Waals surface area contributed by atoms with Gasteiger partial charge in [-0.15, -0.1) is 0 Å². The van der Waals surface area contributed by atoms with Gasteiger partial charge in [0.05, 0.1) is 13.2 Å². The van der Waals surface area contributed by atoms with Crippen LogP contribution in [0.5, 0.6) is 11.6 Å². The van der Waals surface area contributed by atoms with Gasteiger partial charge in [-0.3, -0.25) is 4.90 Å². The van der Waals surface area contributed by atoms with Crippen LogP contribution in [0.1, 0.15) is 16.7 Å². The molecule has 0 aliphatic carbocycles. The fourth-order valence-electron chi connectivity index (χ4n) is 3.53. The third kappa shape index (κ3) is 7.00. The van der Waals surface area contributed by atoms with E-state index in [0.29, 0.717) is 24.7 Å². The molecule has 1 aliphatic rings. The number of pyridine rings is 1. The zero-order valence-electron chi connectivity index (χ0n) is 18.3. The summed E-state index contributed by atoms with van der Waals surface area (Å²) >= 11 is 0. The summed E-state index contributed by atoms with van der Waals surface area (Å²) in [7, 11) is 0. The molecular weight excluding hydrogens is 423 g/mol. The molecule has 1 fully saturated rings. The second kappa shape index (κ2) is 11.4. The van der Waals surface area contributed by atoms with Crippen LogP contribution in [0.4, 0.5) is 9.18 Å². The second-order valence-electron chi connectivity index (χ2n) is 7.76. The molecule has 0 atom stereocenters. The van der Waals surface area contributed by atoms with Gasteiger partial charge in [0.2, 0.25) is 5.88 Å². The van der Waals surface area contributed by atoms with Crippen molar-refractivity contribution in [3.05, 3.63) is 89.4 Å². The molecule has 0 spiro atoms. The number of aromatic nitrogens is 1. The quantitative estimate of drug-likeness (QED) is 0.545. The Bertz CT molecular complexity index is 1060. The molecule has 2 amide bonds. The predicted octanol–water partition coefficient (Wildman–Crippen LogP) is 3.84. The number of nitrogens with zero attached hydrogens (tertiary/aromatic N) is 2. The number of carbonyl (C=O) groups is 1. The number of rotatable bonds is 8. The smallest absolute Gasteiger partial charge is 0.315 e. The highest BCUT2D eigenvalue weighted by atomic mass is 19.1. The van der Waals surface area contributed by atoms with E-state index in [0.717, 1.165) is 44.0 Å². The van der Waals surface area contributed by atoms with Gasteiger partial charge >= 0.3 is 6.03 Å². The molecule has 2 N–H and O–H groups in total. The Kier molecular flexibility index (Phi) is 7.84. The summed E-state index contributed by atoms with van der Waals surface area (Å²) < 4.78 is 24.2. The van der Waals surface area contributed by atoms with Crippen LogP contribution in [0.3, 0.4) is 0 Å². The van der Waals surface area contributed by atoms with Crippen molar-refractivity contribution in [3.8, 4) is 11.6 Å². The van der Waals surface area contributed by atoms with E-state index >= 15 is 0 Å². The fourth-order valence-corrected chi connectivity index (χ4v) is 3.53. The number of nitrogens with one attached hydrogen (secondary N) is 2. The minimum atomic E-state index is -0.372. The van der Waals surface area contributed by atoms with Gasteiger partial charge in [0, 0.05) is 51.1 Å². The highest BCUT2D eigenvalue weighted by Gasteiger charge is 2.13. The lowest BCUT2D eigenvalue weighted by molar-refractivity contribution is 0.0341. The van der Waals surface area contributed by atoms with Crippen LogP contribution in [0.25, 0.3) is 0 Å². The largest absolute Gasteiger partial charge is 0.439 e. The Labute approximate surface area is 192 Å². The first-order valence-electron chi connectivity index (χ1n) is 10.9. The summed E-state index contributed by atoms with van der Waals surface area (Å²) in [5.41, 5.74) is 3.13. The highest BCUT2D eigenvalue weighted by molar-refractivity contribution is 5.73. The molecule has 1 aliphatic heterocycles. The van der Waals surface area contributed by atoms with Crippen LogP contribution in [-0.4, -0.2) is 42.2 Å². The van der Waals surface area contributed by atoms with Crippen molar-refractivity contribution in [1.29, 1.82) is 0 Å². The average molecular weight is 451 g/mol. The molecule has 172 valence electrons. The second-order valence-corrected chi connectivity index (χ2v) is 7.76. The minimum Gasteiger partial charge on any atom is -0.439 e. The summed E-state index contributed by atoms with van der Waals surface area (Å²) in [5, 5.41) is 5.76. The molecule has 8 heteroatoms. The van der Waals surface area contributed by atoms with Crippen LogP contribution in [0.2, 0.25) is 0 Å². The average Bonchev–Trinajstić information content (AvgIpc) is 2.84. The van der Waals surface area contributed by atoms with Crippen molar-refractivity contribution in [2.24, 2.45) is 0 Å². The van der Waals surface area contributed by atoms with Gasteiger partial charge in [0.25, 0.3) is 0 Å². The van der Waals surface area contributed by atoms with Gasteiger partial charge in [-0.2, -0.15) is 0 Å². The molecule has 0 saturated carbocycles. The lowest BCUT2D eigenvalue weighted by Crippen LogP contribution is -2.37. The molecule has 1 aromatic heterocycles. The monoisotopic (exact) mass is 450 g/mol. The number of carbonyl (C=O) groups excluding carboxylic acids is 1. The van der Waals surface area contributed by atoms with Gasteiger partial charge in [-0.05, 0) is 28.8 Å². The van der Waals surface area contributed by atoms with Gasteiger partial charge < -0.3 is 20.1 Å². The van der Waals surface area contributed by atoms with Gasteiger partial charge in [0.15, 0.2) is 0 Å². The number of benzene rings is 2. The van der Waals surface area contributed by atoms with Crippen molar-refractivity contribution in [2.45, 2.75) is 19.6 Å². The Morgan fingerprint density at radius 3 is 2.55 bits per heavy atom. The molecule has 2 heterocycles. The Morgan fingerprint density at radius 1 is 1.00 bits per heavy atom. The van der Waals surface area contributed by atoms with Gasteiger partial charge in [-0.1, -0.05) is 36.4 Å². The highest BCUT2D eigenvalue weighted by Crippen LogP contribution is 2.20. The maximum absolute atomic E-state index is 13.3. The molecule has 1 saturated heterocycles. The van der Waals surface area contributed by atoms with E-state index in [9.17, 15) is 9.18 Å². The zero-order chi connectivity index (χ0) is 22.9. The van der Waals surface area contributed by atoms with E-state index in [1.807, 2.05) is 18.2 Å². The molecule has 0 radical (unpaired) electrons. The fraction of sp³-hybridized carbons (Fsp3) is 0.280. The van der Waals surface area contributed by atoms with Crippen molar-refractivity contribution < 1.29 is 18.7 Å². The predicted molar refractivity (Wildman–Crippen MR) is 122 cm³/mol. The summed E-state index contributed by atoms with van der Waals surface area (Å²) in [5.74, 6) is 0.357. The maximum Gasteiger partial charge on any atom is 0.315 e. The Balaban J connectivity index is 1.23. The van der Waals surface area contributed by atoms with E-state index < -0.39 is 0 Å². The normalized spacial score (nSPS) is 14.0. The van der Waals surface area contributed by atoms with Crippen molar-refractivity contribution >= 4 is 6.03 Å². The van der Waals surface area contributed by atoms with E-state index in [1.165, 1.54) is 17.7 Å². The first-order chi connectivity index (χ1) is 16.2. The van der Waals surface area contributed by atoms with E-state index in [4.69, 9.17) is 9.47 Å². The third-order valence-corrected chi connectivity index (χ3v) is 5.32. The third-order valence-electron chi connectivity index (χ3n) is 5.32. The molecule has 0 bridgehead atoms. The number of hydrogen-bond acceptors (Lipinski definition) is 5. The molecular formula is C25H27FN4O3. The first-order valence-corrected chi connectivity index (χ1v) is 10.9. The van der Waals surface area contributed by atoms with Crippen LogP contribution < -0.4 is 15.4 Å². The Morgan fingerprint density at radius 2 is 1.79 bits per heavy atom. The van der Waals surface area contributed by atoms with Crippen molar-refractivity contribution in [1.82, 2.24) is 20.5 Å². The molecule has 4 rings (SSSR count). The summed E-state index contributed by atoms with van der Waals surface area (Å²) in [6.45, 7) is 4.98. The van der Waals surface area contributed by atoms with E-state index in [1.54, 1.807) is 30.5 Å². The topological polar surface area (TPSA) is 75.7 Å². The summed E-state index contributed by atoms with van der Waals surface area (Å²) in [6.07, 6.45) is 1.62. The molecule has 33 heavy (non-hydrogen) atoms. The SMILES string of the molecule is O=C(NCc1ccc(Oc2cccc(F)c2)nc1)NCc1ccccc1CN1CCOCC1. The molecule has 2 aromatic carbocycles. The maximum atomic E-state index is 13.3. The van der Waals surface area contributed by atoms with Gasteiger partial charge in [-0.25, -0.2) is 14.2 Å². The molecule has 3 aromatic rings. The lowest BCUT2D eigenvalue weighted by Gasteiger charge is -2.27. The number of ether oxygens (including phenoxy) is 2. The lowest BCUT2D eigenvalue weighted by atomic mass is 10.1. The van der Waals surface area contributed by atoms with Crippen molar-refractivity contribution in [3.63, 3.8) is 0 Å². The number of halogens is 1. The zero-order valence-corrected chi connectivity index (χ0v) is 18.3. The number of hydrogen-bond donors (Lipinski definition) is 2. The Hall–Kier alpha value is -3.49. The standard InChI is InChI=1S/C25H27FN4O3/c26-22-6-3-7-23(14-22)33-24-9-8-19(15-27-24)16-28-25(31)29-17-20-4-1-2-5-21(20)18-30-10-12-32-13-11-30/h1-9,14-15H,10-13,16-18H2,(H2,28,29,31). The number of urea groups is 1. The number of morpholine rings is 1. The van der Waals surface area contributed by atoms with Crippen LogP contribution >= 0.6 is 0 Å². The molecule has 0 unspecified atom stereocenters. The minimum absolute atomic E-state index is 0.253. The molecule has 7 nitrogen and oxygen atoms in total. The van der Waals surface area contributed by atoms with Crippen LogP contribution in [0.15, 0.2) is 66.9 Å². The van der Waals surface area contributed by atoms with E-state index in [2.05, 4.69) is 26.6 Å². The first kappa shape index (κ1) is 22.7. The van der Waals surface area contributed by atoms with E-state index in [-0.39, 0.29) is 11.8 Å². The van der Waals surface area contributed by atoms with Crippen molar-refractivity contribution in [2.75, 3.05) is 26.3 Å². The summed E-state index contributed by atoms with van der Waals surface area (Å²) in [4.78, 5) is 18.9. The summed E-state index contributed by atoms with van der Waals surface area (Å²) in [6, 6.07) is 17.2.